The molecule has 0 radical (unpaired) electrons. The highest BCUT2D eigenvalue weighted by atomic mass is 35.7. The molecule has 0 fully saturated rings. The van der Waals surface area contributed by atoms with Gasteiger partial charge in [0.05, 0.1) is 22.8 Å². The van der Waals surface area contributed by atoms with Crippen molar-refractivity contribution in [2.75, 3.05) is 0 Å². The van der Waals surface area contributed by atoms with Gasteiger partial charge >= 0.3 is 11.5 Å². The van der Waals surface area contributed by atoms with Crippen molar-refractivity contribution in [1.29, 1.82) is 0 Å². The van der Waals surface area contributed by atoms with Gasteiger partial charge in [-0.05, 0) is 85.1 Å². The lowest BCUT2D eigenvalue weighted by molar-refractivity contribution is -2.00. The van der Waals surface area contributed by atoms with Crippen LogP contribution in [0.15, 0.2) is 185 Å². The molecule has 1 aromatic heterocycles. The van der Waals surface area contributed by atoms with Crippen LogP contribution in [0.1, 0.15) is 54.6 Å². The number of benzene rings is 4. The standard InChI is InChI=1S/C47H39O2.ClHO4/c1-6-18-34(19-7-1)42-32-44(36-22-10-3-11-23-36)48-46-38(28-16-30-40(42)46)26-14-5-15-27-39-29-17-31-41-43(35-20-8-2-9-21-35)33-45(49-47(39)41)37-24-12-4-13-25-37;2-1(3,4)5/h1-15,18-27,32-33H,16-17,28-31H2;(H,2,3,4,5)/q+1;/p-1. The maximum atomic E-state index is 8.49. The molecule has 0 unspecified atom stereocenters. The smallest absolute Gasteiger partial charge is 0.361 e. The van der Waals surface area contributed by atoms with Gasteiger partial charge in [-0.25, -0.2) is 23.1 Å². The highest BCUT2D eigenvalue weighted by molar-refractivity contribution is 5.88. The quantitative estimate of drug-likeness (QED) is 0.124. The van der Waals surface area contributed by atoms with Crippen LogP contribution in [0.5, 0.6) is 0 Å². The van der Waals surface area contributed by atoms with Gasteiger partial charge in [0.25, 0.3) is 0 Å². The first kappa shape index (κ1) is 36.7. The zero-order valence-corrected chi connectivity index (χ0v) is 30.4. The van der Waals surface area contributed by atoms with Crippen molar-refractivity contribution in [1.82, 2.24) is 0 Å². The first-order valence-electron chi connectivity index (χ1n) is 18.1. The molecule has 5 aromatic rings. The zero-order valence-electron chi connectivity index (χ0n) is 29.7. The lowest BCUT2D eigenvalue weighted by atomic mass is 9.85. The molecule has 0 atom stereocenters. The highest BCUT2D eigenvalue weighted by Gasteiger charge is 2.31. The van der Waals surface area contributed by atoms with E-state index in [0.717, 1.165) is 72.7 Å². The average molecular weight is 735 g/mol. The van der Waals surface area contributed by atoms with Gasteiger partial charge in [-0.1, -0.05) is 133 Å². The third kappa shape index (κ3) is 9.12. The predicted molar refractivity (Wildman–Crippen MR) is 203 cm³/mol. The van der Waals surface area contributed by atoms with Crippen LogP contribution in [-0.2, 0) is 11.2 Å². The van der Waals surface area contributed by atoms with E-state index in [0.29, 0.717) is 0 Å². The molecule has 0 amide bonds. The molecule has 4 aromatic carbocycles. The average Bonchev–Trinajstić information content (AvgIpc) is 3.20. The van der Waals surface area contributed by atoms with Gasteiger partial charge in [0, 0.05) is 16.7 Å². The lowest BCUT2D eigenvalue weighted by Gasteiger charge is -2.29. The van der Waals surface area contributed by atoms with E-state index in [1.807, 2.05) is 12.1 Å². The molecule has 0 saturated carbocycles. The summed E-state index contributed by atoms with van der Waals surface area (Å²) in [4.78, 5) is 0. The molecule has 270 valence electrons. The highest BCUT2D eigenvalue weighted by Crippen LogP contribution is 2.44. The van der Waals surface area contributed by atoms with E-state index >= 15 is 0 Å². The van der Waals surface area contributed by atoms with Crippen molar-refractivity contribution in [2.45, 2.75) is 38.5 Å². The van der Waals surface area contributed by atoms with Gasteiger partial charge in [-0.15, -0.1) is 10.2 Å². The normalized spacial score (nSPS) is 16.4. The SMILES string of the molecule is C(=CC=C1CCCc2c(-c3ccccc3)cc(-c3ccccc3)[o+]c21)C=CC1=C2OC(c3ccccc3)=CC(c3ccccc3)=C2CCC1.[O-][Cl+3]([O-])([O-])[O-]. The van der Waals surface area contributed by atoms with Crippen molar-refractivity contribution < 1.29 is 38.0 Å². The Morgan fingerprint density at radius 3 is 1.81 bits per heavy atom. The molecule has 2 heterocycles. The maximum Gasteiger partial charge on any atom is 0.361 e. The number of ether oxygens (including phenoxy) is 1. The van der Waals surface area contributed by atoms with Crippen LogP contribution >= 0.6 is 0 Å². The summed E-state index contributed by atoms with van der Waals surface area (Å²) < 4.78 is 47.4. The van der Waals surface area contributed by atoms with E-state index in [1.54, 1.807) is 0 Å². The number of rotatable bonds is 7. The molecule has 2 aliphatic carbocycles. The van der Waals surface area contributed by atoms with Crippen LogP contribution < -0.4 is 18.6 Å². The minimum absolute atomic E-state index is 0.899. The van der Waals surface area contributed by atoms with Crippen LogP contribution in [0, 0.1) is 10.2 Å². The minimum atomic E-state index is -4.94. The van der Waals surface area contributed by atoms with E-state index in [-0.39, 0.29) is 0 Å². The second-order valence-corrected chi connectivity index (χ2v) is 13.9. The number of halogens is 1. The Morgan fingerprint density at radius 2 is 1.17 bits per heavy atom. The Balaban J connectivity index is 0.000000846. The molecule has 6 nitrogen and oxygen atoms in total. The van der Waals surface area contributed by atoms with Crippen molar-refractivity contribution in [3.63, 3.8) is 0 Å². The Morgan fingerprint density at radius 1 is 0.593 bits per heavy atom. The van der Waals surface area contributed by atoms with Gasteiger partial charge in [0.1, 0.15) is 11.5 Å². The van der Waals surface area contributed by atoms with Gasteiger partial charge in [-0.2, -0.15) is 0 Å². The van der Waals surface area contributed by atoms with Crippen LogP contribution in [0.3, 0.4) is 0 Å². The zero-order chi connectivity index (χ0) is 37.3. The summed E-state index contributed by atoms with van der Waals surface area (Å²) in [6, 6.07) is 44.5. The van der Waals surface area contributed by atoms with E-state index in [4.69, 9.17) is 27.8 Å². The maximum absolute atomic E-state index is 8.49. The summed E-state index contributed by atoms with van der Waals surface area (Å²) in [5, 5.41) is 0. The van der Waals surface area contributed by atoms with Crippen LogP contribution in [0.2, 0.25) is 0 Å². The van der Waals surface area contributed by atoms with E-state index in [2.05, 4.69) is 152 Å². The number of allylic oxidation sites excluding steroid dienone is 10. The summed E-state index contributed by atoms with van der Waals surface area (Å²) in [7, 11) is -4.94. The molecule has 3 aliphatic rings. The second-order valence-electron chi connectivity index (χ2n) is 13.2. The second kappa shape index (κ2) is 17.0. The third-order valence-corrected chi connectivity index (χ3v) is 9.61. The van der Waals surface area contributed by atoms with Crippen LogP contribution in [0.4, 0.5) is 0 Å². The molecule has 54 heavy (non-hydrogen) atoms. The largest absolute Gasteiger partial charge is 0.456 e. The molecule has 1 aliphatic heterocycles. The van der Waals surface area contributed by atoms with Gasteiger partial charge in [0.15, 0.2) is 0 Å². The van der Waals surface area contributed by atoms with E-state index in [9.17, 15) is 0 Å². The fourth-order valence-electron chi connectivity index (χ4n) is 7.20. The summed E-state index contributed by atoms with van der Waals surface area (Å²) >= 11 is 0. The van der Waals surface area contributed by atoms with Crippen molar-refractivity contribution in [2.24, 2.45) is 0 Å². The van der Waals surface area contributed by atoms with Gasteiger partial charge in [0.2, 0.25) is 0 Å². The first-order chi connectivity index (χ1) is 26.3. The molecular formula is C47H39ClO6. The fraction of sp³-hybridized carbons (Fsp3) is 0.128. The minimum Gasteiger partial charge on any atom is -0.456 e. The van der Waals surface area contributed by atoms with Crippen LogP contribution in [-0.4, -0.2) is 0 Å². The van der Waals surface area contributed by atoms with Crippen molar-refractivity contribution in [3.8, 4) is 22.5 Å². The summed E-state index contributed by atoms with van der Waals surface area (Å²) in [6.45, 7) is 0. The molecule has 0 saturated heterocycles. The molecule has 0 spiro atoms. The molecule has 8 rings (SSSR count). The number of fused-ring (bicyclic) bond motifs is 2. The molecule has 7 heteroatoms. The Labute approximate surface area is 318 Å². The molecule has 0 bridgehead atoms. The van der Waals surface area contributed by atoms with Crippen molar-refractivity contribution in [3.05, 3.63) is 203 Å². The summed E-state index contributed by atoms with van der Waals surface area (Å²) in [5.41, 5.74) is 12.2. The van der Waals surface area contributed by atoms with Gasteiger partial charge in [-0.3, -0.25) is 0 Å². The Hall–Kier alpha value is -5.60. The van der Waals surface area contributed by atoms with Crippen LogP contribution in [0.25, 0.3) is 39.4 Å². The van der Waals surface area contributed by atoms with E-state index < -0.39 is 10.2 Å². The summed E-state index contributed by atoms with van der Waals surface area (Å²) in [6.07, 6.45) is 19.4. The molecule has 0 N–H and O–H groups in total. The fourth-order valence-corrected chi connectivity index (χ4v) is 7.20. The van der Waals surface area contributed by atoms with Crippen molar-refractivity contribution >= 4 is 16.9 Å². The topological polar surface area (TPSA) is 113 Å². The van der Waals surface area contributed by atoms with Gasteiger partial charge < -0.3 is 4.74 Å². The summed E-state index contributed by atoms with van der Waals surface area (Å²) in [5.74, 6) is 3.82. The first-order valence-corrected chi connectivity index (χ1v) is 19.3. The van der Waals surface area contributed by atoms with E-state index in [1.165, 1.54) is 44.5 Å². The molecular weight excluding hydrogens is 696 g/mol. The predicted octanol–water partition coefficient (Wildman–Crippen LogP) is 7.93. The Bertz CT molecular complexity index is 2260. The number of hydrogen-bond acceptors (Lipinski definition) is 5. The monoisotopic (exact) mass is 734 g/mol. The lowest BCUT2D eigenvalue weighted by Crippen LogP contribution is -2.68. The third-order valence-electron chi connectivity index (χ3n) is 9.61. The number of hydrogen-bond donors (Lipinski definition) is 0. The Kier molecular flexibility index (Phi) is 11.6.